The van der Waals surface area contributed by atoms with Gasteiger partial charge in [0, 0.05) is 25.5 Å². The standard InChI is InChI=1S/C13H19N5O/c1-4-18(9-11-5-7-15-8-6-11)13-17-16-12(19-13)10(2)14-3/h5-8,10,14H,4,9H2,1-3H3. The van der Waals surface area contributed by atoms with Crippen LogP contribution < -0.4 is 10.2 Å². The summed E-state index contributed by atoms with van der Waals surface area (Å²) in [5.41, 5.74) is 1.17. The molecule has 6 heteroatoms. The molecular weight excluding hydrogens is 242 g/mol. The highest BCUT2D eigenvalue weighted by Crippen LogP contribution is 2.18. The zero-order valence-electron chi connectivity index (χ0n) is 11.5. The third kappa shape index (κ3) is 3.29. The molecule has 2 aromatic heterocycles. The molecule has 19 heavy (non-hydrogen) atoms. The van der Waals surface area contributed by atoms with Crippen molar-refractivity contribution in [2.45, 2.75) is 26.4 Å². The summed E-state index contributed by atoms with van der Waals surface area (Å²) in [5, 5.41) is 11.2. The molecule has 2 rings (SSSR count). The van der Waals surface area contributed by atoms with Crippen molar-refractivity contribution in [3.05, 3.63) is 36.0 Å². The van der Waals surface area contributed by atoms with E-state index in [0.29, 0.717) is 11.9 Å². The van der Waals surface area contributed by atoms with E-state index >= 15 is 0 Å². The first-order valence-corrected chi connectivity index (χ1v) is 6.39. The molecule has 102 valence electrons. The fraction of sp³-hybridized carbons (Fsp3) is 0.462. The molecular formula is C13H19N5O. The Labute approximate surface area is 112 Å². The number of aromatic nitrogens is 3. The maximum atomic E-state index is 5.69. The molecule has 0 saturated carbocycles. The zero-order chi connectivity index (χ0) is 13.7. The Bertz CT molecular complexity index is 499. The van der Waals surface area contributed by atoms with Gasteiger partial charge in [0.25, 0.3) is 0 Å². The Kier molecular flexibility index (Phi) is 4.46. The lowest BCUT2D eigenvalue weighted by molar-refractivity contribution is 0.429. The minimum Gasteiger partial charge on any atom is -0.406 e. The van der Waals surface area contributed by atoms with Crippen molar-refractivity contribution in [1.29, 1.82) is 0 Å². The van der Waals surface area contributed by atoms with Gasteiger partial charge in [-0.15, -0.1) is 5.10 Å². The molecule has 0 aliphatic heterocycles. The highest BCUT2D eigenvalue weighted by molar-refractivity contribution is 5.27. The van der Waals surface area contributed by atoms with Crippen LogP contribution in [0, 0.1) is 0 Å². The summed E-state index contributed by atoms with van der Waals surface area (Å²) in [5.74, 6) is 0.602. The summed E-state index contributed by atoms with van der Waals surface area (Å²) in [4.78, 5) is 6.05. The van der Waals surface area contributed by atoms with Gasteiger partial charge in [0.15, 0.2) is 0 Å². The van der Waals surface area contributed by atoms with Gasteiger partial charge in [0.2, 0.25) is 5.89 Å². The van der Waals surface area contributed by atoms with Crippen LogP contribution in [0.15, 0.2) is 28.9 Å². The fourth-order valence-electron chi connectivity index (χ4n) is 1.68. The first-order valence-electron chi connectivity index (χ1n) is 6.39. The van der Waals surface area contributed by atoms with Crippen molar-refractivity contribution >= 4 is 6.01 Å². The Hall–Kier alpha value is -1.95. The highest BCUT2D eigenvalue weighted by atomic mass is 16.4. The number of rotatable bonds is 6. The van der Waals surface area contributed by atoms with E-state index in [9.17, 15) is 0 Å². The third-order valence-corrected chi connectivity index (χ3v) is 3.01. The second kappa shape index (κ2) is 6.29. The Morgan fingerprint density at radius 2 is 2.05 bits per heavy atom. The first kappa shape index (κ1) is 13.5. The van der Waals surface area contributed by atoms with E-state index in [1.807, 2.05) is 31.0 Å². The summed E-state index contributed by atoms with van der Waals surface area (Å²) in [7, 11) is 1.86. The van der Waals surface area contributed by atoms with E-state index in [0.717, 1.165) is 13.1 Å². The van der Waals surface area contributed by atoms with Gasteiger partial charge in [-0.3, -0.25) is 4.98 Å². The summed E-state index contributed by atoms with van der Waals surface area (Å²) in [6.45, 7) is 5.58. The lowest BCUT2D eigenvalue weighted by Gasteiger charge is -2.17. The maximum absolute atomic E-state index is 5.69. The smallest absolute Gasteiger partial charge is 0.318 e. The molecule has 0 aliphatic rings. The number of hydrogen-bond donors (Lipinski definition) is 1. The molecule has 0 amide bonds. The Morgan fingerprint density at radius 1 is 1.32 bits per heavy atom. The van der Waals surface area contributed by atoms with Gasteiger partial charge >= 0.3 is 6.01 Å². The van der Waals surface area contributed by atoms with Crippen LogP contribution >= 0.6 is 0 Å². The van der Waals surface area contributed by atoms with E-state index in [1.165, 1.54) is 5.56 Å². The second-order valence-corrected chi connectivity index (χ2v) is 4.30. The minimum absolute atomic E-state index is 0.0564. The number of nitrogens with zero attached hydrogens (tertiary/aromatic N) is 4. The first-order chi connectivity index (χ1) is 9.24. The topological polar surface area (TPSA) is 67.1 Å². The summed E-state index contributed by atoms with van der Waals surface area (Å²) >= 11 is 0. The van der Waals surface area contributed by atoms with Gasteiger partial charge < -0.3 is 14.6 Å². The molecule has 1 N–H and O–H groups in total. The van der Waals surface area contributed by atoms with Crippen LogP contribution in [-0.2, 0) is 6.54 Å². The van der Waals surface area contributed by atoms with Crippen molar-refractivity contribution in [3.63, 3.8) is 0 Å². The summed E-state index contributed by atoms with van der Waals surface area (Å²) in [6, 6.07) is 4.57. The van der Waals surface area contributed by atoms with Gasteiger partial charge in [0.05, 0.1) is 6.04 Å². The number of anilines is 1. The van der Waals surface area contributed by atoms with Crippen LogP contribution in [0.5, 0.6) is 0 Å². The van der Waals surface area contributed by atoms with E-state index in [-0.39, 0.29) is 6.04 Å². The Morgan fingerprint density at radius 3 is 2.68 bits per heavy atom. The van der Waals surface area contributed by atoms with Crippen LogP contribution in [0.2, 0.25) is 0 Å². The van der Waals surface area contributed by atoms with Crippen LogP contribution in [0.3, 0.4) is 0 Å². The van der Waals surface area contributed by atoms with Crippen LogP contribution in [-0.4, -0.2) is 28.8 Å². The molecule has 0 saturated heterocycles. The second-order valence-electron chi connectivity index (χ2n) is 4.30. The molecule has 0 bridgehead atoms. The van der Waals surface area contributed by atoms with Crippen LogP contribution in [0.1, 0.15) is 31.3 Å². The number of nitrogens with one attached hydrogen (secondary N) is 1. The zero-order valence-corrected chi connectivity index (χ0v) is 11.5. The molecule has 0 aromatic carbocycles. The number of hydrogen-bond acceptors (Lipinski definition) is 6. The van der Waals surface area contributed by atoms with Gasteiger partial charge in [-0.1, -0.05) is 5.10 Å². The van der Waals surface area contributed by atoms with Crippen LogP contribution in [0.25, 0.3) is 0 Å². The van der Waals surface area contributed by atoms with Crippen molar-refractivity contribution in [1.82, 2.24) is 20.5 Å². The average molecular weight is 261 g/mol. The van der Waals surface area contributed by atoms with Gasteiger partial charge in [-0.25, -0.2) is 0 Å². The molecule has 0 fully saturated rings. The van der Waals surface area contributed by atoms with Crippen molar-refractivity contribution < 1.29 is 4.42 Å². The van der Waals surface area contributed by atoms with Crippen molar-refractivity contribution in [2.24, 2.45) is 0 Å². The van der Waals surface area contributed by atoms with Gasteiger partial charge in [-0.05, 0) is 38.6 Å². The normalized spacial score (nSPS) is 12.4. The Balaban J connectivity index is 2.11. The molecule has 6 nitrogen and oxygen atoms in total. The molecule has 1 atom stereocenters. The minimum atomic E-state index is 0.0564. The predicted octanol–water partition coefficient (Wildman–Crippen LogP) is 1.77. The molecule has 0 radical (unpaired) electrons. The SMILES string of the molecule is CCN(Cc1ccncc1)c1nnc(C(C)NC)o1. The summed E-state index contributed by atoms with van der Waals surface area (Å²) < 4.78 is 5.69. The summed E-state index contributed by atoms with van der Waals surface area (Å²) in [6.07, 6.45) is 3.57. The lowest BCUT2D eigenvalue weighted by atomic mass is 10.2. The lowest BCUT2D eigenvalue weighted by Crippen LogP contribution is -2.22. The monoisotopic (exact) mass is 261 g/mol. The maximum Gasteiger partial charge on any atom is 0.318 e. The largest absolute Gasteiger partial charge is 0.406 e. The number of pyridine rings is 1. The van der Waals surface area contributed by atoms with Gasteiger partial charge in [-0.2, -0.15) is 0 Å². The van der Waals surface area contributed by atoms with E-state index in [4.69, 9.17) is 4.42 Å². The molecule has 2 heterocycles. The predicted molar refractivity (Wildman–Crippen MR) is 72.7 cm³/mol. The fourth-order valence-corrected chi connectivity index (χ4v) is 1.68. The van der Waals surface area contributed by atoms with Crippen molar-refractivity contribution in [3.8, 4) is 0 Å². The molecule has 1 unspecified atom stereocenters. The third-order valence-electron chi connectivity index (χ3n) is 3.01. The molecule has 2 aromatic rings. The average Bonchev–Trinajstić information content (AvgIpc) is 2.94. The quantitative estimate of drug-likeness (QED) is 0.854. The highest BCUT2D eigenvalue weighted by Gasteiger charge is 2.16. The van der Waals surface area contributed by atoms with E-state index in [2.05, 4.69) is 27.4 Å². The van der Waals surface area contributed by atoms with E-state index < -0.39 is 0 Å². The van der Waals surface area contributed by atoms with Gasteiger partial charge in [0.1, 0.15) is 0 Å². The van der Waals surface area contributed by atoms with Crippen molar-refractivity contribution in [2.75, 3.05) is 18.5 Å². The van der Waals surface area contributed by atoms with E-state index in [1.54, 1.807) is 12.4 Å². The van der Waals surface area contributed by atoms with Crippen LogP contribution in [0.4, 0.5) is 6.01 Å². The molecule has 0 aliphatic carbocycles. The molecule has 0 spiro atoms.